The lowest BCUT2D eigenvalue weighted by atomic mass is 10.1. The Morgan fingerprint density at radius 1 is 1.44 bits per heavy atom. The maximum atomic E-state index is 5.46. The summed E-state index contributed by atoms with van der Waals surface area (Å²) in [5.41, 5.74) is 1.25. The Kier molecular flexibility index (Phi) is 5.38. The number of hydrogen-bond acceptors (Lipinski definition) is 4. The van der Waals surface area contributed by atoms with Gasteiger partial charge in [-0.2, -0.15) is 0 Å². The fourth-order valence-corrected chi connectivity index (χ4v) is 1.89. The molecule has 3 nitrogen and oxygen atoms in total. The van der Waals surface area contributed by atoms with Crippen molar-refractivity contribution in [1.82, 2.24) is 10.3 Å². The number of thiazole rings is 1. The van der Waals surface area contributed by atoms with Crippen LogP contribution < -0.4 is 5.32 Å². The van der Waals surface area contributed by atoms with E-state index in [1.54, 1.807) is 11.3 Å². The van der Waals surface area contributed by atoms with Crippen molar-refractivity contribution >= 4 is 11.3 Å². The van der Waals surface area contributed by atoms with Crippen molar-refractivity contribution in [2.24, 2.45) is 0 Å². The van der Waals surface area contributed by atoms with Gasteiger partial charge in [0.05, 0.1) is 12.3 Å². The van der Waals surface area contributed by atoms with Gasteiger partial charge in [0.25, 0.3) is 0 Å². The molecule has 0 aliphatic rings. The number of ether oxygens (including phenoxy) is 1. The zero-order valence-electron chi connectivity index (χ0n) is 10.7. The molecule has 0 aliphatic heterocycles. The average molecular weight is 242 g/mol. The first-order valence-corrected chi connectivity index (χ1v) is 6.65. The van der Waals surface area contributed by atoms with Gasteiger partial charge in [-0.05, 0) is 27.2 Å². The number of aromatic nitrogens is 1. The number of nitrogens with one attached hydrogen (secondary N) is 1. The van der Waals surface area contributed by atoms with Gasteiger partial charge in [-0.3, -0.25) is 0 Å². The SMILES string of the molecule is CCCOCc1nc(CNC(C)(C)C)cs1. The van der Waals surface area contributed by atoms with E-state index in [2.05, 4.69) is 43.4 Å². The molecule has 0 atom stereocenters. The van der Waals surface area contributed by atoms with E-state index in [1.807, 2.05) is 0 Å². The highest BCUT2D eigenvalue weighted by Gasteiger charge is 2.09. The van der Waals surface area contributed by atoms with Gasteiger partial charge >= 0.3 is 0 Å². The average Bonchev–Trinajstić information content (AvgIpc) is 2.62. The van der Waals surface area contributed by atoms with Crippen LogP contribution in [0.5, 0.6) is 0 Å². The molecule has 0 radical (unpaired) electrons. The third-order valence-electron chi connectivity index (χ3n) is 1.97. The van der Waals surface area contributed by atoms with Gasteiger partial charge < -0.3 is 10.1 Å². The first kappa shape index (κ1) is 13.6. The molecular weight excluding hydrogens is 220 g/mol. The Hall–Kier alpha value is -0.450. The van der Waals surface area contributed by atoms with Crippen LogP contribution in [-0.2, 0) is 17.9 Å². The van der Waals surface area contributed by atoms with E-state index >= 15 is 0 Å². The molecule has 1 rings (SSSR count). The lowest BCUT2D eigenvalue weighted by Crippen LogP contribution is -2.35. The molecule has 1 aromatic heterocycles. The van der Waals surface area contributed by atoms with Gasteiger partial charge in [0.1, 0.15) is 5.01 Å². The lowest BCUT2D eigenvalue weighted by molar-refractivity contribution is 0.121. The lowest BCUT2D eigenvalue weighted by Gasteiger charge is -2.19. The van der Waals surface area contributed by atoms with Gasteiger partial charge in [-0.1, -0.05) is 6.92 Å². The third-order valence-corrected chi connectivity index (χ3v) is 2.84. The minimum absolute atomic E-state index is 0.141. The summed E-state index contributed by atoms with van der Waals surface area (Å²) in [7, 11) is 0. The van der Waals surface area contributed by atoms with Crippen molar-refractivity contribution < 1.29 is 4.74 Å². The van der Waals surface area contributed by atoms with Crippen molar-refractivity contribution in [3.05, 3.63) is 16.1 Å². The molecule has 0 aromatic carbocycles. The van der Waals surface area contributed by atoms with E-state index in [-0.39, 0.29) is 5.54 Å². The van der Waals surface area contributed by atoms with Crippen LogP contribution in [0.15, 0.2) is 5.38 Å². The number of nitrogens with zero attached hydrogens (tertiary/aromatic N) is 1. The first-order valence-electron chi connectivity index (χ1n) is 5.77. The van der Waals surface area contributed by atoms with Crippen molar-refractivity contribution in [2.75, 3.05) is 6.61 Å². The van der Waals surface area contributed by atoms with Crippen LogP contribution >= 0.6 is 11.3 Å². The smallest absolute Gasteiger partial charge is 0.119 e. The largest absolute Gasteiger partial charge is 0.374 e. The molecule has 0 saturated heterocycles. The van der Waals surface area contributed by atoms with Crippen LogP contribution in [-0.4, -0.2) is 17.1 Å². The van der Waals surface area contributed by atoms with E-state index in [1.165, 1.54) is 0 Å². The molecule has 92 valence electrons. The Morgan fingerprint density at radius 2 is 2.19 bits per heavy atom. The van der Waals surface area contributed by atoms with Gasteiger partial charge in [0.2, 0.25) is 0 Å². The zero-order valence-corrected chi connectivity index (χ0v) is 11.5. The predicted molar refractivity (Wildman–Crippen MR) is 68.7 cm³/mol. The zero-order chi connectivity index (χ0) is 12.0. The summed E-state index contributed by atoms with van der Waals surface area (Å²) >= 11 is 1.67. The molecule has 0 spiro atoms. The first-order chi connectivity index (χ1) is 7.51. The summed E-state index contributed by atoms with van der Waals surface area (Å²) in [6.45, 7) is 10.9. The molecule has 1 aromatic rings. The summed E-state index contributed by atoms with van der Waals surface area (Å²) in [5.74, 6) is 0. The topological polar surface area (TPSA) is 34.1 Å². The number of hydrogen-bond donors (Lipinski definition) is 1. The highest BCUT2D eigenvalue weighted by molar-refractivity contribution is 7.09. The molecule has 0 amide bonds. The van der Waals surface area contributed by atoms with Gasteiger partial charge in [-0.25, -0.2) is 4.98 Å². The van der Waals surface area contributed by atoms with Crippen LogP contribution in [0.1, 0.15) is 44.8 Å². The van der Waals surface area contributed by atoms with Crippen molar-refractivity contribution in [2.45, 2.75) is 52.8 Å². The fraction of sp³-hybridized carbons (Fsp3) is 0.750. The van der Waals surface area contributed by atoms with E-state index < -0.39 is 0 Å². The molecule has 1 heterocycles. The quantitative estimate of drug-likeness (QED) is 0.779. The summed E-state index contributed by atoms with van der Waals surface area (Å²) < 4.78 is 5.46. The second-order valence-corrected chi connectivity index (χ2v) is 5.83. The van der Waals surface area contributed by atoms with Gasteiger partial charge in [-0.15, -0.1) is 11.3 Å². The summed E-state index contributed by atoms with van der Waals surface area (Å²) in [6, 6.07) is 0. The van der Waals surface area contributed by atoms with Gasteiger partial charge in [0.15, 0.2) is 0 Å². The van der Waals surface area contributed by atoms with Crippen LogP contribution in [0.3, 0.4) is 0 Å². The van der Waals surface area contributed by atoms with Crippen molar-refractivity contribution in [3.63, 3.8) is 0 Å². The molecule has 0 bridgehead atoms. The maximum absolute atomic E-state index is 5.46. The summed E-state index contributed by atoms with van der Waals surface area (Å²) in [6.07, 6.45) is 1.06. The molecular formula is C12H22N2OS. The second kappa shape index (κ2) is 6.33. The summed E-state index contributed by atoms with van der Waals surface area (Å²) in [4.78, 5) is 4.52. The molecule has 0 fully saturated rings. The summed E-state index contributed by atoms with van der Waals surface area (Å²) in [5, 5.41) is 6.59. The fourth-order valence-electron chi connectivity index (χ4n) is 1.16. The highest BCUT2D eigenvalue weighted by atomic mass is 32.1. The number of rotatable bonds is 6. The molecule has 0 aliphatic carbocycles. The van der Waals surface area contributed by atoms with Crippen LogP contribution in [0, 0.1) is 0 Å². The Bertz CT molecular complexity index is 304. The van der Waals surface area contributed by atoms with E-state index in [0.717, 1.165) is 30.3 Å². The maximum Gasteiger partial charge on any atom is 0.119 e. The monoisotopic (exact) mass is 242 g/mol. The predicted octanol–water partition coefficient (Wildman–Crippen LogP) is 2.96. The van der Waals surface area contributed by atoms with Crippen LogP contribution in [0.2, 0.25) is 0 Å². The Balaban J connectivity index is 2.33. The van der Waals surface area contributed by atoms with Gasteiger partial charge in [0, 0.05) is 24.1 Å². The van der Waals surface area contributed by atoms with E-state index in [0.29, 0.717) is 6.61 Å². The molecule has 0 saturated carbocycles. The minimum atomic E-state index is 0.141. The highest BCUT2D eigenvalue weighted by Crippen LogP contribution is 2.12. The van der Waals surface area contributed by atoms with Crippen molar-refractivity contribution in [3.8, 4) is 0 Å². The van der Waals surface area contributed by atoms with Crippen LogP contribution in [0.25, 0.3) is 0 Å². The van der Waals surface area contributed by atoms with Crippen molar-refractivity contribution in [1.29, 1.82) is 0 Å². The Morgan fingerprint density at radius 3 is 2.81 bits per heavy atom. The van der Waals surface area contributed by atoms with Crippen LogP contribution in [0.4, 0.5) is 0 Å². The second-order valence-electron chi connectivity index (χ2n) is 4.89. The molecule has 16 heavy (non-hydrogen) atoms. The van der Waals surface area contributed by atoms with E-state index in [4.69, 9.17) is 4.74 Å². The van der Waals surface area contributed by atoms with E-state index in [9.17, 15) is 0 Å². The standard InChI is InChI=1S/C12H22N2OS/c1-5-6-15-8-11-14-10(9-16-11)7-13-12(2,3)4/h9,13H,5-8H2,1-4H3. The third kappa shape index (κ3) is 5.58. The minimum Gasteiger partial charge on any atom is -0.374 e. The molecule has 0 unspecified atom stereocenters. The normalized spacial score (nSPS) is 12.0. The molecule has 1 N–H and O–H groups in total. The molecule has 4 heteroatoms. The Labute approximate surface area is 102 Å².